The molecule has 2 aromatic rings. The van der Waals surface area contributed by atoms with Gasteiger partial charge in [-0.15, -0.1) is 0 Å². The summed E-state index contributed by atoms with van der Waals surface area (Å²) >= 11 is 0. The molecule has 4 heteroatoms. The number of benzene rings is 1. The number of hydrogen-bond acceptors (Lipinski definition) is 4. The summed E-state index contributed by atoms with van der Waals surface area (Å²) in [6.45, 7) is 6.90. The van der Waals surface area contributed by atoms with E-state index in [9.17, 15) is 0 Å². The van der Waals surface area contributed by atoms with E-state index in [0.717, 1.165) is 38.2 Å². The second kappa shape index (κ2) is 7.80. The lowest BCUT2D eigenvalue weighted by Crippen LogP contribution is -2.22. The highest BCUT2D eigenvalue weighted by Gasteiger charge is 2.11. The molecule has 0 saturated heterocycles. The average molecular weight is 273 g/mol. The molecule has 1 aromatic heterocycles. The molecule has 0 unspecified atom stereocenters. The van der Waals surface area contributed by atoms with Gasteiger partial charge in [0, 0.05) is 13.0 Å². The van der Waals surface area contributed by atoms with Crippen LogP contribution in [0.3, 0.4) is 0 Å². The first-order chi connectivity index (χ1) is 9.81. The molecule has 1 heterocycles. The van der Waals surface area contributed by atoms with Crippen LogP contribution in [0.1, 0.15) is 44.0 Å². The molecule has 0 atom stereocenters. The average Bonchev–Trinajstić information content (AvgIpc) is 2.93. The van der Waals surface area contributed by atoms with Crippen molar-refractivity contribution in [2.75, 3.05) is 6.54 Å². The second-order valence-electron chi connectivity index (χ2n) is 5.00. The van der Waals surface area contributed by atoms with Gasteiger partial charge in [0.05, 0.1) is 6.54 Å². The third kappa shape index (κ3) is 4.46. The van der Waals surface area contributed by atoms with E-state index >= 15 is 0 Å². The molecule has 2 rings (SSSR count). The molecule has 0 N–H and O–H groups in total. The van der Waals surface area contributed by atoms with E-state index in [4.69, 9.17) is 4.52 Å². The van der Waals surface area contributed by atoms with E-state index in [1.807, 2.05) is 6.07 Å². The highest BCUT2D eigenvalue weighted by atomic mass is 16.5. The first-order valence-corrected chi connectivity index (χ1v) is 7.39. The van der Waals surface area contributed by atoms with E-state index in [1.54, 1.807) is 0 Å². The zero-order valence-corrected chi connectivity index (χ0v) is 12.4. The van der Waals surface area contributed by atoms with Crippen molar-refractivity contribution in [2.45, 2.75) is 46.2 Å². The first-order valence-electron chi connectivity index (χ1n) is 7.39. The van der Waals surface area contributed by atoms with Gasteiger partial charge >= 0.3 is 0 Å². The quantitative estimate of drug-likeness (QED) is 0.739. The maximum atomic E-state index is 5.33. The second-order valence-corrected chi connectivity index (χ2v) is 5.00. The Bertz CT molecular complexity index is 495. The Morgan fingerprint density at radius 3 is 2.60 bits per heavy atom. The fraction of sp³-hybridized carbons (Fsp3) is 0.500. The van der Waals surface area contributed by atoms with Crippen LogP contribution in [0.25, 0.3) is 0 Å². The normalized spacial score (nSPS) is 11.2. The lowest BCUT2D eigenvalue weighted by atomic mass is 10.2. The molecule has 20 heavy (non-hydrogen) atoms. The van der Waals surface area contributed by atoms with Crippen molar-refractivity contribution in [1.82, 2.24) is 15.0 Å². The van der Waals surface area contributed by atoms with Gasteiger partial charge in [0.15, 0.2) is 5.82 Å². The van der Waals surface area contributed by atoms with Crippen LogP contribution in [0.15, 0.2) is 34.9 Å². The number of aryl methyl sites for hydroxylation is 1. The summed E-state index contributed by atoms with van der Waals surface area (Å²) < 4.78 is 5.33. The Kier molecular flexibility index (Phi) is 5.74. The largest absolute Gasteiger partial charge is 0.338 e. The van der Waals surface area contributed by atoms with Crippen molar-refractivity contribution < 1.29 is 4.52 Å². The van der Waals surface area contributed by atoms with Gasteiger partial charge < -0.3 is 4.52 Å². The molecule has 0 amide bonds. The number of nitrogens with zero attached hydrogens (tertiary/aromatic N) is 3. The third-order valence-corrected chi connectivity index (χ3v) is 3.32. The van der Waals surface area contributed by atoms with Gasteiger partial charge in [-0.05, 0) is 18.5 Å². The highest BCUT2D eigenvalue weighted by Crippen LogP contribution is 2.09. The van der Waals surface area contributed by atoms with Crippen LogP contribution in [0.5, 0.6) is 0 Å². The number of unbranched alkanes of at least 4 members (excludes halogenated alkanes) is 1. The predicted octanol–water partition coefficient (Wildman–Crippen LogP) is 3.43. The SMILES string of the molecule is CCCCc1noc(CN(CC)Cc2ccccc2)n1. The highest BCUT2D eigenvalue weighted by molar-refractivity contribution is 5.14. The van der Waals surface area contributed by atoms with Gasteiger partial charge in [-0.25, -0.2) is 0 Å². The first kappa shape index (κ1) is 14.7. The summed E-state index contributed by atoms with van der Waals surface area (Å²) in [7, 11) is 0. The van der Waals surface area contributed by atoms with Crippen molar-refractivity contribution in [3.63, 3.8) is 0 Å². The molecule has 4 nitrogen and oxygen atoms in total. The molecule has 0 saturated carbocycles. The van der Waals surface area contributed by atoms with E-state index in [0.29, 0.717) is 12.4 Å². The summed E-state index contributed by atoms with van der Waals surface area (Å²) in [4.78, 5) is 6.76. The predicted molar refractivity (Wildman–Crippen MR) is 79.1 cm³/mol. The smallest absolute Gasteiger partial charge is 0.240 e. The van der Waals surface area contributed by atoms with Crippen LogP contribution in [0.4, 0.5) is 0 Å². The van der Waals surface area contributed by atoms with Crippen LogP contribution in [0, 0.1) is 0 Å². The van der Waals surface area contributed by atoms with Crippen molar-refractivity contribution in [1.29, 1.82) is 0 Å². The van der Waals surface area contributed by atoms with Crippen LogP contribution in [-0.4, -0.2) is 21.6 Å². The fourth-order valence-corrected chi connectivity index (χ4v) is 2.10. The minimum atomic E-state index is 0.713. The number of aromatic nitrogens is 2. The number of rotatable bonds is 8. The van der Waals surface area contributed by atoms with Crippen LogP contribution in [-0.2, 0) is 19.5 Å². The minimum Gasteiger partial charge on any atom is -0.338 e. The summed E-state index contributed by atoms with van der Waals surface area (Å²) in [5.74, 6) is 1.55. The Labute approximate surface area is 120 Å². The molecule has 108 valence electrons. The molecular weight excluding hydrogens is 250 g/mol. The van der Waals surface area contributed by atoms with Gasteiger partial charge in [-0.1, -0.05) is 55.8 Å². The zero-order chi connectivity index (χ0) is 14.2. The molecule has 0 radical (unpaired) electrons. The summed E-state index contributed by atoms with van der Waals surface area (Å²) in [6, 6.07) is 10.5. The standard InChI is InChI=1S/C16H23N3O/c1-3-5-11-15-17-16(20-18-15)13-19(4-2)12-14-9-7-6-8-10-14/h6-10H,3-5,11-13H2,1-2H3. The third-order valence-electron chi connectivity index (χ3n) is 3.32. The summed E-state index contributed by atoms with van der Waals surface area (Å²) in [6.07, 6.45) is 3.17. The van der Waals surface area contributed by atoms with Gasteiger partial charge in [-0.3, -0.25) is 4.90 Å². The Morgan fingerprint density at radius 2 is 1.90 bits per heavy atom. The Morgan fingerprint density at radius 1 is 1.10 bits per heavy atom. The Balaban J connectivity index is 1.91. The van der Waals surface area contributed by atoms with E-state index in [-0.39, 0.29) is 0 Å². The van der Waals surface area contributed by atoms with Gasteiger partial charge in [0.2, 0.25) is 5.89 Å². The molecule has 0 aliphatic rings. The maximum Gasteiger partial charge on any atom is 0.240 e. The van der Waals surface area contributed by atoms with Crippen LogP contribution >= 0.6 is 0 Å². The van der Waals surface area contributed by atoms with Crippen molar-refractivity contribution in [3.8, 4) is 0 Å². The van der Waals surface area contributed by atoms with E-state index < -0.39 is 0 Å². The fourth-order valence-electron chi connectivity index (χ4n) is 2.10. The zero-order valence-electron chi connectivity index (χ0n) is 12.4. The van der Waals surface area contributed by atoms with Crippen LogP contribution in [0.2, 0.25) is 0 Å². The topological polar surface area (TPSA) is 42.2 Å². The van der Waals surface area contributed by atoms with Crippen molar-refractivity contribution >= 4 is 0 Å². The Hall–Kier alpha value is -1.68. The molecular formula is C16H23N3O. The van der Waals surface area contributed by atoms with Crippen LogP contribution < -0.4 is 0 Å². The maximum absolute atomic E-state index is 5.33. The molecule has 0 aliphatic carbocycles. The monoisotopic (exact) mass is 273 g/mol. The van der Waals surface area contributed by atoms with E-state index in [1.165, 1.54) is 5.56 Å². The lowest BCUT2D eigenvalue weighted by Gasteiger charge is -2.18. The lowest BCUT2D eigenvalue weighted by molar-refractivity contribution is 0.228. The molecule has 0 aliphatic heterocycles. The molecule has 0 spiro atoms. The van der Waals surface area contributed by atoms with E-state index in [2.05, 4.69) is 53.2 Å². The van der Waals surface area contributed by atoms with Crippen molar-refractivity contribution in [3.05, 3.63) is 47.6 Å². The summed E-state index contributed by atoms with van der Waals surface area (Å²) in [5, 5.41) is 4.04. The van der Waals surface area contributed by atoms with Crippen molar-refractivity contribution in [2.24, 2.45) is 0 Å². The minimum absolute atomic E-state index is 0.713. The van der Waals surface area contributed by atoms with Gasteiger partial charge in [0.25, 0.3) is 0 Å². The molecule has 0 fully saturated rings. The number of hydrogen-bond donors (Lipinski definition) is 0. The van der Waals surface area contributed by atoms with Gasteiger partial charge in [0.1, 0.15) is 0 Å². The molecule has 0 bridgehead atoms. The molecule has 1 aromatic carbocycles. The summed E-state index contributed by atoms with van der Waals surface area (Å²) in [5.41, 5.74) is 1.31. The van der Waals surface area contributed by atoms with Gasteiger partial charge in [-0.2, -0.15) is 4.98 Å².